The normalized spacial score (nSPS) is 16.1. The van der Waals surface area contributed by atoms with Crippen molar-refractivity contribution in [2.75, 3.05) is 6.54 Å². The summed E-state index contributed by atoms with van der Waals surface area (Å²) in [5.41, 5.74) is 3.68. The molecule has 2 aromatic heterocycles. The number of fused-ring (bicyclic) bond motifs is 3. The molecule has 1 atom stereocenters. The first-order chi connectivity index (χ1) is 14.0. The van der Waals surface area contributed by atoms with Crippen LogP contribution in [0, 0.1) is 4.77 Å². The second kappa shape index (κ2) is 6.88. The number of H-pyrrole nitrogens is 2. The van der Waals surface area contributed by atoms with E-state index in [0.29, 0.717) is 10.7 Å². The number of hydrogen-bond acceptors (Lipinski definition) is 3. The quantitative estimate of drug-likeness (QED) is 0.372. The zero-order valence-electron chi connectivity index (χ0n) is 15.3. The van der Waals surface area contributed by atoms with Gasteiger partial charge in [-0.1, -0.05) is 29.8 Å². The molecule has 5 N–H and O–H groups in total. The van der Waals surface area contributed by atoms with Crippen LogP contribution in [0.4, 0.5) is 0 Å². The standard InChI is InChI=1S/C21H17ClN4O2S/c22-11-5-7-12(8-6-11)26-20(28)16(19(27)25-21(26)29)18-17-14(9-10-23-18)13-3-1-2-4-15(13)24-17/h1-8,18,23-24,28H,9-10H2,(H,25,27,29)/p+1/t18-/m1/s1. The lowest BCUT2D eigenvalue weighted by Crippen LogP contribution is -2.87. The van der Waals surface area contributed by atoms with Gasteiger partial charge in [0.25, 0.3) is 5.56 Å². The molecule has 0 saturated heterocycles. The van der Waals surface area contributed by atoms with Crippen LogP contribution in [0.25, 0.3) is 16.6 Å². The third kappa shape index (κ3) is 2.90. The van der Waals surface area contributed by atoms with Gasteiger partial charge in [0.05, 0.1) is 17.9 Å². The van der Waals surface area contributed by atoms with E-state index in [1.165, 1.54) is 10.1 Å². The predicted molar refractivity (Wildman–Crippen MR) is 115 cm³/mol. The van der Waals surface area contributed by atoms with Gasteiger partial charge in [-0.3, -0.25) is 14.3 Å². The van der Waals surface area contributed by atoms with Crippen LogP contribution in [0.2, 0.25) is 5.02 Å². The highest BCUT2D eigenvalue weighted by Gasteiger charge is 2.34. The number of aromatic amines is 2. The highest BCUT2D eigenvalue weighted by molar-refractivity contribution is 7.71. The Morgan fingerprint density at radius 1 is 1.14 bits per heavy atom. The maximum absolute atomic E-state index is 12.9. The van der Waals surface area contributed by atoms with Gasteiger partial charge in [0.2, 0.25) is 5.88 Å². The Bertz CT molecular complexity index is 1350. The van der Waals surface area contributed by atoms with Crippen molar-refractivity contribution in [1.29, 1.82) is 0 Å². The molecule has 0 amide bonds. The number of nitrogens with one attached hydrogen (secondary N) is 2. The number of halogens is 1. The number of para-hydroxylation sites is 1. The lowest BCUT2D eigenvalue weighted by molar-refractivity contribution is -0.690. The molecule has 0 saturated carbocycles. The van der Waals surface area contributed by atoms with Crippen LogP contribution in [-0.4, -0.2) is 26.2 Å². The van der Waals surface area contributed by atoms with Crippen molar-refractivity contribution < 1.29 is 10.4 Å². The molecular formula is C21H18ClN4O2S+. The molecule has 0 radical (unpaired) electrons. The maximum atomic E-state index is 12.9. The molecule has 146 valence electrons. The number of aromatic hydroxyl groups is 1. The molecule has 2 aromatic carbocycles. The highest BCUT2D eigenvalue weighted by Crippen LogP contribution is 2.33. The van der Waals surface area contributed by atoms with Crippen molar-refractivity contribution in [3.63, 3.8) is 0 Å². The molecule has 1 aliphatic heterocycles. The monoisotopic (exact) mass is 425 g/mol. The zero-order valence-corrected chi connectivity index (χ0v) is 16.8. The average Bonchev–Trinajstić information content (AvgIpc) is 3.09. The van der Waals surface area contributed by atoms with E-state index in [1.54, 1.807) is 24.3 Å². The van der Waals surface area contributed by atoms with E-state index in [0.717, 1.165) is 29.6 Å². The average molecular weight is 426 g/mol. The molecule has 6 nitrogen and oxygen atoms in total. The van der Waals surface area contributed by atoms with Crippen LogP contribution in [0.1, 0.15) is 22.9 Å². The van der Waals surface area contributed by atoms with E-state index in [-0.39, 0.29) is 27.8 Å². The molecule has 0 unspecified atom stereocenters. The lowest BCUT2D eigenvalue weighted by atomic mass is 9.95. The fourth-order valence-electron chi connectivity index (χ4n) is 4.18. The minimum Gasteiger partial charge on any atom is -0.494 e. The smallest absolute Gasteiger partial charge is 0.265 e. The molecule has 8 heteroatoms. The molecular weight excluding hydrogens is 408 g/mol. The van der Waals surface area contributed by atoms with Gasteiger partial charge in [0.15, 0.2) is 10.8 Å². The first kappa shape index (κ1) is 18.2. The van der Waals surface area contributed by atoms with Gasteiger partial charge in [0.1, 0.15) is 5.56 Å². The molecule has 5 rings (SSSR count). The Labute approximate surface area is 175 Å². The van der Waals surface area contributed by atoms with Gasteiger partial charge in [-0.05, 0) is 48.1 Å². The summed E-state index contributed by atoms with van der Waals surface area (Å²) in [6.45, 7) is 0.814. The predicted octanol–water partition coefficient (Wildman–Crippen LogP) is 2.94. The van der Waals surface area contributed by atoms with Crippen molar-refractivity contribution in [2.24, 2.45) is 0 Å². The maximum Gasteiger partial charge on any atom is 0.265 e. The molecule has 3 heterocycles. The summed E-state index contributed by atoms with van der Waals surface area (Å²) in [7, 11) is 0. The van der Waals surface area contributed by atoms with Gasteiger partial charge < -0.3 is 15.4 Å². The summed E-state index contributed by atoms with van der Waals surface area (Å²) < 4.78 is 1.60. The van der Waals surface area contributed by atoms with Gasteiger partial charge in [-0.2, -0.15) is 0 Å². The van der Waals surface area contributed by atoms with Crippen molar-refractivity contribution in [3.05, 3.63) is 85.5 Å². The van der Waals surface area contributed by atoms with Crippen molar-refractivity contribution in [3.8, 4) is 11.6 Å². The number of nitrogens with zero attached hydrogens (tertiary/aromatic N) is 1. The Hall–Kier alpha value is -2.87. The van der Waals surface area contributed by atoms with Gasteiger partial charge in [-0.25, -0.2) is 0 Å². The Morgan fingerprint density at radius 3 is 2.69 bits per heavy atom. The first-order valence-electron chi connectivity index (χ1n) is 9.31. The summed E-state index contributed by atoms with van der Waals surface area (Å²) in [4.78, 5) is 19.0. The van der Waals surface area contributed by atoms with E-state index < -0.39 is 0 Å². The number of hydrogen-bond donors (Lipinski definition) is 4. The van der Waals surface area contributed by atoms with Crippen LogP contribution < -0.4 is 10.9 Å². The Balaban J connectivity index is 1.74. The van der Waals surface area contributed by atoms with Gasteiger partial charge >= 0.3 is 0 Å². The molecule has 0 fully saturated rings. The molecule has 0 spiro atoms. The fraction of sp³-hybridized carbons (Fsp3) is 0.143. The number of benzene rings is 2. The van der Waals surface area contributed by atoms with Crippen LogP contribution in [0.5, 0.6) is 5.88 Å². The van der Waals surface area contributed by atoms with E-state index in [1.807, 2.05) is 18.2 Å². The topological polar surface area (TPSA) is 90.4 Å². The molecule has 0 aliphatic carbocycles. The van der Waals surface area contributed by atoms with Gasteiger partial charge in [-0.15, -0.1) is 0 Å². The first-order valence-corrected chi connectivity index (χ1v) is 10.1. The lowest BCUT2D eigenvalue weighted by Gasteiger charge is -2.22. The van der Waals surface area contributed by atoms with Crippen LogP contribution in [-0.2, 0) is 6.42 Å². The molecule has 1 aliphatic rings. The van der Waals surface area contributed by atoms with Crippen molar-refractivity contribution >= 4 is 34.7 Å². The minimum atomic E-state index is -0.384. The fourth-order valence-corrected chi connectivity index (χ4v) is 4.59. The van der Waals surface area contributed by atoms with Crippen molar-refractivity contribution in [2.45, 2.75) is 12.5 Å². The number of rotatable bonds is 2. The minimum absolute atomic E-state index is 0.131. The van der Waals surface area contributed by atoms with E-state index in [4.69, 9.17) is 23.8 Å². The summed E-state index contributed by atoms with van der Waals surface area (Å²) >= 11 is 11.3. The second-order valence-corrected chi connectivity index (χ2v) is 7.95. The second-order valence-electron chi connectivity index (χ2n) is 7.12. The zero-order chi connectivity index (χ0) is 20.1. The van der Waals surface area contributed by atoms with E-state index in [9.17, 15) is 9.90 Å². The number of aromatic nitrogens is 3. The van der Waals surface area contributed by atoms with Crippen molar-refractivity contribution in [1.82, 2.24) is 14.5 Å². The van der Waals surface area contributed by atoms with Crippen LogP contribution in [0.15, 0.2) is 53.3 Å². The van der Waals surface area contributed by atoms with E-state index in [2.05, 4.69) is 21.4 Å². The number of nitrogens with two attached hydrogens (primary N) is 1. The summed E-state index contributed by atoms with van der Waals surface area (Å²) in [5.74, 6) is -0.158. The SMILES string of the molecule is O=c1[nH]c(=S)n(-c2ccc(Cl)cc2)c(O)c1[C@H]1[NH2+]CCc2c1[nH]c1ccccc21. The molecule has 4 aromatic rings. The highest BCUT2D eigenvalue weighted by atomic mass is 35.5. The summed E-state index contributed by atoms with van der Waals surface area (Å²) in [5, 5.41) is 14.9. The Morgan fingerprint density at radius 2 is 1.90 bits per heavy atom. The molecule has 29 heavy (non-hydrogen) atoms. The third-order valence-electron chi connectivity index (χ3n) is 5.47. The molecule has 0 bridgehead atoms. The third-order valence-corrected chi connectivity index (χ3v) is 6.01. The largest absolute Gasteiger partial charge is 0.494 e. The van der Waals surface area contributed by atoms with Gasteiger partial charge in [0, 0.05) is 22.3 Å². The Kier molecular flexibility index (Phi) is 4.31. The van der Waals surface area contributed by atoms with Crippen LogP contribution in [0.3, 0.4) is 0 Å². The summed E-state index contributed by atoms with van der Waals surface area (Å²) in [6.07, 6.45) is 0.894. The summed E-state index contributed by atoms with van der Waals surface area (Å²) in [6, 6.07) is 14.7. The van der Waals surface area contributed by atoms with E-state index >= 15 is 0 Å². The van der Waals surface area contributed by atoms with Crippen LogP contribution >= 0.6 is 23.8 Å². The number of quaternary nitrogens is 1.